The average molecular weight is 1460 g/mol. The summed E-state index contributed by atoms with van der Waals surface area (Å²) in [7, 11) is -7.22. The molecule has 3 rings (SSSR count). The summed E-state index contributed by atoms with van der Waals surface area (Å²) in [5.74, 6) is -0.385. The predicted molar refractivity (Wildman–Crippen MR) is 375 cm³/mol. The van der Waals surface area contributed by atoms with Crippen LogP contribution in [0.2, 0.25) is 0 Å². The van der Waals surface area contributed by atoms with Gasteiger partial charge in [0, 0.05) is 43.4 Å². The second kappa shape index (κ2) is 62.7. The molecule has 1 heterocycles. The first-order valence-electron chi connectivity index (χ1n) is 36.7. The Morgan fingerprint density at radius 1 is 0.424 bits per heavy atom. The maximum Gasteiger partial charge on any atom is 1.00 e. The molecule has 0 amide bonds. The molecule has 0 radical (unpaired) electrons. The predicted octanol–water partition coefficient (Wildman–Crippen LogP) is 11.4. The van der Waals surface area contributed by atoms with Crippen LogP contribution in [0.4, 0.5) is 0 Å². The summed E-state index contributed by atoms with van der Waals surface area (Å²) in [4.78, 5) is 88.4. The molecule has 0 aliphatic heterocycles. The van der Waals surface area contributed by atoms with E-state index in [0.717, 1.165) is 108 Å². The Hall–Kier alpha value is -2.69. The van der Waals surface area contributed by atoms with E-state index >= 15 is 0 Å². The number of hydrogen-bond acceptors (Lipinski definition) is 21. The summed E-state index contributed by atoms with van der Waals surface area (Å²) in [6, 6.07) is 14.0. The van der Waals surface area contributed by atoms with Crippen molar-refractivity contribution in [2.75, 3.05) is 53.9 Å². The van der Waals surface area contributed by atoms with Gasteiger partial charge in [0.25, 0.3) is 15.6 Å². The van der Waals surface area contributed by atoms with Gasteiger partial charge in [-0.15, -0.1) is 0 Å². The van der Waals surface area contributed by atoms with Crippen molar-refractivity contribution >= 4 is 50.5 Å². The Morgan fingerprint density at radius 3 is 1.10 bits per heavy atom. The third-order valence-corrected chi connectivity index (χ3v) is 18.2. The van der Waals surface area contributed by atoms with E-state index in [-0.39, 0.29) is 90.2 Å². The van der Waals surface area contributed by atoms with Gasteiger partial charge in [-0.05, 0) is 49.9 Å². The fourth-order valence-corrected chi connectivity index (χ4v) is 12.1. The topological polar surface area (TPSA) is 291 Å². The van der Waals surface area contributed by atoms with E-state index in [9.17, 15) is 48.0 Å². The molecule has 4 atom stereocenters. The van der Waals surface area contributed by atoms with Gasteiger partial charge in [0.2, 0.25) is 0 Å². The van der Waals surface area contributed by atoms with Crippen molar-refractivity contribution < 1.29 is 153 Å². The minimum atomic E-state index is -5.20. The number of unbranched alkanes of at least 4 members (excludes halogenated alkanes) is 32. The molecule has 0 bridgehead atoms. The van der Waals surface area contributed by atoms with Crippen molar-refractivity contribution in [3.63, 3.8) is 0 Å². The zero-order valence-corrected chi connectivity index (χ0v) is 67.7. The van der Waals surface area contributed by atoms with Gasteiger partial charge in [-0.2, -0.15) is 0 Å². The van der Waals surface area contributed by atoms with E-state index in [1.807, 2.05) is 24.3 Å². The standard InChI is InChI=1S/C57H110O17P2.C17H14O4.2Na/c1-5-9-13-17-21-25-29-33-37-41-54(59)67-47-52(73-56(61)43-39-35-31-27-23-19-15-11-7-3)49-71-75(63,64)69-45-51(58)46-70-76(65,66)72-50-53(74-57(62)44-40-36-32-28-24-20-16-12-8-4)48-68-55(60)42-38-34-30-26-22-18-14-10-6-2;1-19-12-5-3-4-11(8-12)16-10-15(18)14-7-6-13(20-2)9-17(14)21-16;;/h51-53,58H,5-50H2,1-4H3,(H,63,64)(H,65,66);3-10H,1-2H3;;/q;;2*+1/p-2. The molecule has 3 aromatic rings. The van der Waals surface area contributed by atoms with Crippen molar-refractivity contribution in [3.05, 3.63) is 58.8 Å². The maximum atomic E-state index is 12.8. The summed E-state index contributed by atoms with van der Waals surface area (Å²) in [5, 5.41) is 10.9. The Morgan fingerprint density at radius 2 is 0.747 bits per heavy atom. The van der Waals surface area contributed by atoms with Crippen LogP contribution in [0.25, 0.3) is 22.3 Å². The Kier molecular flexibility index (Phi) is 61.0. The summed E-state index contributed by atoms with van der Waals surface area (Å²) >= 11 is 0. The number of rotatable bonds is 61. The first-order chi connectivity index (χ1) is 46.9. The number of carbonyl (C=O) groups excluding carboxylic acids is 4. The number of esters is 4. The largest absolute Gasteiger partial charge is 1.00 e. The van der Waals surface area contributed by atoms with Crippen LogP contribution in [-0.4, -0.2) is 101 Å². The number of benzene rings is 2. The van der Waals surface area contributed by atoms with Gasteiger partial charge in [-0.3, -0.25) is 33.1 Å². The number of ether oxygens (including phenoxy) is 6. The van der Waals surface area contributed by atoms with Crippen molar-refractivity contribution in [2.24, 2.45) is 0 Å². The first-order valence-corrected chi connectivity index (χ1v) is 39.6. The van der Waals surface area contributed by atoms with Crippen LogP contribution in [0.15, 0.2) is 57.7 Å². The van der Waals surface area contributed by atoms with Crippen LogP contribution < -0.4 is 83.8 Å². The summed E-state index contributed by atoms with van der Waals surface area (Å²) < 4.78 is 82.9. The number of fused-ring (bicyclic) bond motifs is 1. The van der Waals surface area contributed by atoms with Gasteiger partial charge in [0.05, 0.1) is 46.0 Å². The SMILES string of the molecule is CCCCCCCCCCCC(=O)OCC(COP(=O)([O-])OCC(O)COP(=O)([O-])OCC(COC(=O)CCCCCCCCCCC)OC(=O)CCCCCCCCCCC)OC(=O)CCCCCCCCCCC.COc1cccc(-c2cc(=O)c3ccc(OC)cc3o2)c1.[Na+].[Na+]. The fraction of sp³-hybridized carbons (Fsp3) is 0.743. The molecule has 0 fully saturated rings. The molecule has 556 valence electrons. The Balaban J connectivity index is 0.00000348. The monoisotopic (exact) mass is 1450 g/mol. The van der Waals surface area contributed by atoms with Gasteiger partial charge in [0.1, 0.15) is 42.2 Å². The van der Waals surface area contributed by atoms with E-state index in [1.165, 1.54) is 109 Å². The zero-order valence-electron chi connectivity index (χ0n) is 61.9. The summed E-state index contributed by atoms with van der Waals surface area (Å²) in [6.07, 6.45) is 34.2. The Labute approximate surface area is 637 Å². The van der Waals surface area contributed by atoms with Gasteiger partial charge < -0.3 is 65.8 Å². The first kappa shape index (κ1) is 96.3. The molecule has 0 saturated heterocycles. The van der Waals surface area contributed by atoms with Crippen LogP contribution in [0.3, 0.4) is 0 Å². The number of carbonyl (C=O) groups is 4. The maximum absolute atomic E-state index is 12.8. The van der Waals surface area contributed by atoms with E-state index in [1.54, 1.807) is 32.4 Å². The zero-order chi connectivity index (χ0) is 71.0. The second-order valence-electron chi connectivity index (χ2n) is 25.2. The molecule has 2 aromatic carbocycles. The molecular weight excluding hydrogens is 1330 g/mol. The van der Waals surface area contributed by atoms with Crippen LogP contribution in [0.1, 0.15) is 285 Å². The van der Waals surface area contributed by atoms with Crippen LogP contribution in [0, 0.1) is 0 Å². The molecule has 21 nitrogen and oxygen atoms in total. The molecule has 1 aromatic heterocycles. The van der Waals surface area contributed by atoms with Crippen molar-refractivity contribution in [1.29, 1.82) is 0 Å². The molecule has 25 heteroatoms. The van der Waals surface area contributed by atoms with E-state index < -0.39 is 97.5 Å². The van der Waals surface area contributed by atoms with E-state index in [0.29, 0.717) is 53.9 Å². The number of phosphoric acid groups is 2. The van der Waals surface area contributed by atoms with Crippen LogP contribution in [-0.2, 0) is 65.4 Å². The molecule has 0 aliphatic rings. The van der Waals surface area contributed by atoms with Gasteiger partial charge >= 0.3 is 83.0 Å². The smallest absolute Gasteiger partial charge is 0.756 e. The van der Waals surface area contributed by atoms with E-state index in [2.05, 4.69) is 27.7 Å². The minimum Gasteiger partial charge on any atom is -0.756 e. The molecule has 0 spiro atoms. The number of aliphatic hydroxyl groups is 1. The minimum absolute atomic E-state index is 0. The van der Waals surface area contributed by atoms with Gasteiger partial charge in [-0.1, -0.05) is 245 Å². The van der Waals surface area contributed by atoms with Gasteiger partial charge in [-0.25, -0.2) is 0 Å². The van der Waals surface area contributed by atoms with Crippen molar-refractivity contribution in [1.82, 2.24) is 0 Å². The third-order valence-electron chi connectivity index (χ3n) is 16.4. The number of phosphoric ester groups is 2. The van der Waals surface area contributed by atoms with Crippen molar-refractivity contribution in [2.45, 2.75) is 303 Å². The number of methoxy groups -OCH3 is 2. The van der Waals surface area contributed by atoms with Crippen LogP contribution >= 0.6 is 15.6 Å². The Bertz CT molecular complexity index is 2590. The van der Waals surface area contributed by atoms with E-state index in [4.69, 9.17) is 50.9 Å². The third kappa shape index (κ3) is 52.0. The quantitative estimate of drug-likeness (QED) is 0.0181. The molecule has 1 N–H and O–H groups in total. The molecule has 0 saturated carbocycles. The molecule has 0 aliphatic carbocycles. The fourth-order valence-electron chi connectivity index (χ4n) is 10.6. The molecule has 4 unspecified atom stereocenters. The molecular formula is C74H122Na2O21P2. The summed E-state index contributed by atoms with van der Waals surface area (Å²) in [6.45, 7) is 4.36. The molecule has 99 heavy (non-hydrogen) atoms. The van der Waals surface area contributed by atoms with Crippen LogP contribution in [0.5, 0.6) is 11.5 Å². The van der Waals surface area contributed by atoms with Gasteiger partial charge in [0.15, 0.2) is 17.6 Å². The summed E-state index contributed by atoms with van der Waals surface area (Å²) in [5.41, 5.74) is 1.20. The second-order valence-corrected chi connectivity index (χ2v) is 28.0. The number of hydrogen-bond donors (Lipinski definition) is 1. The number of aliphatic hydroxyl groups excluding tert-OH is 1. The average Bonchev–Trinajstić information content (AvgIpc) is 0.799. The van der Waals surface area contributed by atoms with Crippen molar-refractivity contribution in [3.8, 4) is 22.8 Å². The normalized spacial score (nSPS) is 13.3.